The van der Waals surface area contributed by atoms with Gasteiger partial charge in [0.05, 0.1) is 0 Å². The van der Waals surface area contributed by atoms with Crippen LogP contribution in [0.4, 0.5) is 0 Å². The molecular formula is C17H32. The Hall–Kier alpha value is -0.260. The monoisotopic (exact) mass is 236 g/mol. The summed E-state index contributed by atoms with van der Waals surface area (Å²) in [6.07, 6.45) is 21.8. The molecule has 0 atom stereocenters. The average molecular weight is 236 g/mol. The highest BCUT2D eigenvalue weighted by Crippen LogP contribution is 2.09. The molecule has 0 unspecified atom stereocenters. The first kappa shape index (κ1) is 16.7. The van der Waals surface area contributed by atoms with E-state index in [4.69, 9.17) is 0 Å². The van der Waals surface area contributed by atoms with Gasteiger partial charge in [0.1, 0.15) is 0 Å². The van der Waals surface area contributed by atoms with Gasteiger partial charge in [-0.25, -0.2) is 0 Å². The fourth-order valence-corrected chi connectivity index (χ4v) is 2.00. The Bertz CT molecular complexity index is 146. The first-order chi connectivity index (χ1) is 8.41. The van der Waals surface area contributed by atoms with E-state index in [0.717, 1.165) is 12.8 Å². The Morgan fingerprint density at radius 1 is 0.471 bits per heavy atom. The lowest BCUT2D eigenvalue weighted by atomic mass is 10.1. The van der Waals surface area contributed by atoms with Crippen LogP contribution in [0.2, 0.25) is 0 Å². The topological polar surface area (TPSA) is 0 Å². The van der Waals surface area contributed by atoms with Gasteiger partial charge in [-0.15, -0.1) is 0 Å². The SMILES string of the molecule is [CH2]CCCCCC=CCCCCCCCC[CH2]. The molecule has 0 aliphatic rings. The summed E-state index contributed by atoms with van der Waals surface area (Å²) in [6, 6.07) is 0. The minimum absolute atomic E-state index is 1.10. The zero-order valence-corrected chi connectivity index (χ0v) is 11.8. The highest BCUT2D eigenvalue weighted by atomic mass is 14.0. The second kappa shape index (κ2) is 15.7. The molecule has 0 amide bonds. The summed E-state index contributed by atoms with van der Waals surface area (Å²) < 4.78 is 0. The summed E-state index contributed by atoms with van der Waals surface area (Å²) in [7, 11) is 0. The molecule has 0 aromatic carbocycles. The van der Waals surface area contributed by atoms with Gasteiger partial charge < -0.3 is 0 Å². The van der Waals surface area contributed by atoms with Crippen molar-refractivity contribution >= 4 is 0 Å². The van der Waals surface area contributed by atoms with E-state index < -0.39 is 0 Å². The average Bonchev–Trinajstić information content (AvgIpc) is 2.35. The number of rotatable bonds is 13. The summed E-state index contributed by atoms with van der Waals surface area (Å²) in [5.74, 6) is 0. The van der Waals surface area contributed by atoms with E-state index in [1.807, 2.05) is 0 Å². The predicted molar refractivity (Wildman–Crippen MR) is 79.9 cm³/mol. The molecule has 0 aromatic heterocycles. The van der Waals surface area contributed by atoms with Crippen LogP contribution in [0, 0.1) is 13.8 Å². The minimum Gasteiger partial charge on any atom is -0.0885 e. The maximum absolute atomic E-state index is 3.87. The van der Waals surface area contributed by atoms with Gasteiger partial charge in [0, 0.05) is 0 Å². The Balaban J connectivity index is 2.99. The largest absolute Gasteiger partial charge is 0.0885 e. The Morgan fingerprint density at radius 3 is 1.29 bits per heavy atom. The van der Waals surface area contributed by atoms with Gasteiger partial charge in [-0.3, -0.25) is 0 Å². The summed E-state index contributed by atoms with van der Waals surface area (Å²) in [4.78, 5) is 0. The predicted octanol–water partition coefficient (Wildman–Crippen LogP) is 6.28. The van der Waals surface area contributed by atoms with E-state index in [9.17, 15) is 0 Å². The molecule has 0 bridgehead atoms. The Kier molecular flexibility index (Phi) is 15.5. The third-order valence-electron chi connectivity index (χ3n) is 3.16. The van der Waals surface area contributed by atoms with Crippen LogP contribution >= 0.6 is 0 Å². The fraction of sp³-hybridized carbons (Fsp3) is 0.765. The van der Waals surface area contributed by atoms with Crippen molar-refractivity contribution in [3.05, 3.63) is 26.0 Å². The molecule has 0 aliphatic heterocycles. The van der Waals surface area contributed by atoms with Gasteiger partial charge in [-0.05, 0) is 25.7 Å². The van der Waals surface area contributed by atoms with E-state index in [0.29, 0.717) is 0 Å². The van der Waals surface area contributed by atoms with E-state index >= 15 is 0 Å². The minimum atomic E-state index is 1.10. The Labute approximate surface area is 110 Å². The molecular weight excluding hydrogens is 204 g/mol. The third-order valence-corrected chi connectivity index (χ3v) is 3.16. The van der Waals surface area contributed by atoms with Crippen LogP contribution in [0.5, 0.6) is 0 Å². The molecule has 0 rings (SSSR count). The van der Waals surface area contributed by atoms with Crippen molar-refractivity contribution in [2.75, 3.05) is 0 Å². The highest BCUT2D eigenvalue weighted by molar-refractivity contribution is 4.81. The fourth-order valence-electron chi connectivity index (χ4n) is 2.00. The first-order valence-corrected chi connectivity index (χ1v) is 7.65. The lowest BCUT2D eigenvalue weighted by Gasteiger charge is -1.99. The van der Waals surface area contributed by atoms with Crippen molar-refractivity contribution in [2.45, 2.75) is 83.5 Å². The van der Waals surface area contributed by atoms with Crippen LogP contribution in [0.1, 0.15) is 83.5 Å². The molecule has 0 spiro atoms. The molecule has 0 aromatic rings. The van der Waals surface area contributed by atoms with Crippen molar-refractivity contribution in [3.8, 4) is 0 Å². The summed E-state index contributed by atoms with van der Waals surface area (Å²) in [5.41, 5.74) is 0. The van der Waals surface area contributed by atoms with Crippen LogP contribution in [-0.2, 0) is 0 Å². The van der Waals surface area contributed by atoms with E-state index in [1.165, 1.54) is 70.6 Å². The molecule has 17 heavy (non-hydrogen) atoms. The van der Waals surface area contributed by atoms with Crippen LogP contribution in [0.15, 0.2) is 12.2 Å². The molecule has 0 saturated heterocycles. The molecule has 0 aliphatic carbocycles. The Morgan fingerprint density at radius 2 is 0.824 bits per heavy atom. The summed E-state index contributed by atoms with van der Waals surface area (Å²) >= 11 is 0. The van der Waals surface area contributed by atoms with Crippen LogP contribution < -0.4 is 0 Å². The van der Waals surface area contributed by atoms with Gasteiger partial charge in [0.25, 0.3) is 0 Å². The number of allylic oxidation sites excluding steroid dienone is 2. The normalized spacial score (nSPS) is 11.4. The lowest BCUT2D eigenvalue weighted by molar-refractivity contribution is 0.599. The molecule has 0 nitrogen and oxygen atoms in total. The van der Waals surface area contributed by atoms with E-state index in [1.54, 1.807) is 0 Å². The maximum atomic E-state index is 3.87. The molecule has 100 valence electrons. The molecule has 0 heteroatoms. The zero-order chi connectivity index (χ0) is 12.6. The van der Waals surface area contributed by atoms with Crippen LogP contribution in [-0.4, -0.2) is 0 Å². The number of hydrogen-bond acceptors (Lipinski definition) is 0. The van der Waals surface area contributed by atoms with Crippen molar-refractivity contribution in [3.63, 3.8) is 0 Å². The van der Waals surface area contributed by atoms with Gasteiger partial charge >= 0.3 is 0 Å². The van der Waals surface area contributed by atoms with E-state index in [2.05, 4.69) is 26.0 Å². The van der Waals surface area contributed by atoms with Crippen molar-refractivity contribution in [1.82, 2.24) is 0 Å². The quantitative estimate of drug-likeness (QED) is 0.261. The molecule has 0 saturated carbocycles. The van der Waals surface area contributed by atoms with Crippen molar-refractivity contribution in [1.29, 1.82) is 0 Å². The van der Waals surface area contributed by atoms with Gasteiger partial charge in [0.2, 0.25) is 0 Å². The molecule has 2 radical (unpaired) electrons. The summed E-state index contributed by atoms with van der Waals surface area (Å²) in [6.45, 7) is 7.73. The van der Waals surface area contributed by atoms with Crippen LogP contribution in [0.25, 0.3) is 0 Å². The van der Waals surface area contributed by atoms with Crippen LogP contribution in [0.3, 0.4) is 0 Å². The molecule has 0 heterocycles. The lowest BCUT2D eigenvalue weighted by Crippen LogP contribution is -1.79. The first-order valence-electron chi connectivity index (χ1n) is 7.65. The van der Waals surface area contributed by atoms with Crippen molar-refractivity contribution < 1.29 is 0 Å². The van der Waals surface area contributed by atoms with Gasteiger partial charge in [-0.1, -0.05) is 83.8 Å². The number of unbranched alkanes of at least 4 members (excludes halogenated alkanes) is 11. The van der Waals surface area contributed by atoms with E-state index in [-0.39, 0.29) is 0 Å². The second-order valence-corrected chi connectivity index (χ2v) is 4.94. The number of hydrogen-bond donors (Lipinski definition) is 0. The van der Waals surface area contributed by atoms with Gasteiger partial charge in [0.15, 0.2) is 0 Å². The standard InChI is InChI=1S/C17H32/c1-3-5-7-9-11-13-15-17-16-14-12-10-8-6-4-2/h13,15H,1-12,14,16-17H2. The molecule has 0 fully saturated rings. The zero-order valence-electron chi connectivity index (χ0n) is 11.8. The summed E-state index contributed by atoms with van der Waals surface area (Å²) in [5, 5.41) is 0. The third kappa shape index (κ3) is 15.7. The second-order valence-electron chi connectivity index (χ2n) is 4.94. The van der Waals surface area contributed by atoms with Gasteiger partial charge in [-0.2, -0.15) is 0 Å². The maximum Gasteiger partial charge on any atom is -0.0351 e. The smallest absolute Gasteiger partial charge is 0.0351 e. The van der Waals surface area contributed by atoms with Crippen molar-refractivity contribution in [2.24, 2.45) is 0 Å². The molecule has 0 N–H and O–H groups in total. The highest BCUT2D eigenvalue weighted by Gasteiger charge is 1.89.